The van der Waals surface area contributed by atoms with Crippen LogP contribution in [0.1, 0.15) is 59.8 Å². The number of fused-ring (bicyclic) bond motifs is 1. The minimum absolute atomic E-state index is 0.178. The Labute approximate surface area is 218 Å². The number of likely N-dealkylation sites (tertiary alicyclic amines) is 1. The fourth-order valence-corrected chi connectivity index (χ4v) is 5.09. The van der Waals surface area contributed by atoms with E-state index < -0.39 is 5.60 Å². The van der Waals surface area contributed by atoms with Crippen LogP contribution in [0.5, 0.6) is 5.88 Å². The van der Waals surface area contributed by atoms with Gasteiger partial charge in [-0.3, -0.25) is 4.68 Å². The first-order valence-electron chi connectivity index (χ1n) is 13.3. The maximum atomic E-state index is 12.6. The molecule has 1 aliphatic carbocycles. The zero-order chi connectivity index (χ0) is 26.2. The fraction of sp³-hybridized carbons (Fsp3) is 0.571. The lowest BCUT2D eigenvalue weighted by Crippen LogP contribution is -2.36. The highest BCUT2D eigenvalue weighted by Gasteiger charge is 2.32. The summed E-state index contributed by atoms with van der Waals surface area (Å²) >= 11 is 0. The molecule has 0 spiro atoms. The zero-order valence-corrected chi connectivity index (χ0v) is 22.5. The van der Waals surface area contributed by atoms with Gasteiger partial charge < -0.3 is 19.7 Å². The van der Waals surface area contributed by atoms with Gasteiger partial charge in [0.25, 0.3) is 0 Å². The molecule has 3 heterocycles. The Kier molecular flexibility index (Phi) is 6.96. The molecule has 9 heteroatoms. The summed E-state index contributed by atoms with van der Waals surface area (Å²) in [6.07, 6.45) is 8.72. The van der Waals surface area contributed by atoms with E-state index in [0.29, 0.717) is 37.4 Å². The predicted molar refractivity (Wildman–Crippen MR) is 144 cm³/mol. The molecule has 1 amide bonds. The first-order valence-corrected chi connectivity index (χ1v) is 13.3. The van der Waals surface area contributed by atoms with Crippen LogP contribution in [0.4, 0.5) is 10.7 Å². The van der Waals surface area contributed by atoms with Crippen LogP contribution in [0, 0.1) is 5.92 Å². The number of ether oxygens (including phenoxy) is 2. The van der Waals surface area contributed by atoms with E-state index in [1.807, 2.05) is 57.0 Å². The summed E-state index contributed by atoms with van der Waals surface area (Å²) in [5.41, 5.74) is 2.13. The molecule has 5 rings (SSSR count). The van der Waals surface area contributed by atoms with Crippen molar-refractivity contribution in [1.82, 2.24) is 24.6 Å². The molecule has 1 atom stereocenters. The molecule has 2 aliphatic rings. The molecule has 3 aromatic rings. The van der Waals surface area contributed by atoms with Crippen LogP contribution in [0.25, 0.3) is 22.0 Å². The maximum absolute atomic E-state index is 12.6. The van der Waals surface area contributed by atoms with Crippen LogP contribution < -0.4 is 10.1 Å². The van der Waals surface area contributed by atoms with Crippen molar-refractivity contribution in [3.63, 3.8) is 0 Å². The number of nitrogens with one attached hydrogen (secondary N) is 1. The highest BCUT2D eigenvalue weighted by molar-refractivity contribution is 5.84. The van der Waals surface area contributed by atoms with Crippen LogP contribution in [-0.2, 0) is 11.8 Å². The van der Waals surface area contributed by atoms with Crippen molar-refractivity contribution in [3.05, 3.63) is 30.6 Å². The molecule has 1 N–H and O–H groups in total. The monoisotopic (exact) mass is 506 g/mol. The maximum Gasteiger partial charge on any atom is 0.410 e. The van der Waals surface area contributed by atoms with E-state index in [4.69, 9.17) is 14.5 Å². The van der Waals surface area contributed by atoms with Crippen molar-refractivity contribution < 1.29 is 14.3 Å². The van der Waals surface area contributed by atoms with Gasteiger partial charge in [-0.05, 0) is 64.0 Å². The number of benzene rings is 1. The van der Waals surface area contributed by atoms with E-state index >= 15 is 0 Å². The fourth-order valence-electron chi connectivity index (χ4n) is 5.09. The third-order valence-electron chi connectivity index (χ3n) is 7.11. The molecule has 2 fully saturated rings. The first kappa shape index (κ1) is 25.3. The third kappa shape index (κ3) is 6.14. The average molecular weight is 507 g/mol. The van der Waals surface area contributed by atoms with Crippen molar-refractivity contribution in [2.45, 2.75) is 77.5 Å². The Morgan fingerprint density at radius 3 is 2.68 bits per heavy atom. The number of hydrogen-bond acceptors (Lipinski definition) is 7. The van der Waals surface area contributed by atoms with Crippen LogP contribution >= 0.6 is 0 Å². The zero-order valence-electron chi connectivity index (χ0n) is 22.5. The van der Waals surface area contributed by atoms with Crippen molar-refractivity contribution >= 4 is 22.9 Å². The normalized spacial score (nSPS) is 22.3. The second-order valence-electron chi connectivity index (χ2n) is 11.5. The number of nitrogens with zero attached hydrogens (tertiary/aromatic N) is 5. The largest absolute Gasteiger partial charge is 0.472 e. The van der Waals surface area contributed by atoms with Gasteiger partial charge in [-0.2, -0.15) is 10.1 Å². The summed E-state index contributed by atoms with van der Waals surface area (Å²) in [7, 11) is 1.92. The van der Waals surface area contributed by atoms with E-state index in [1.165, 1.54) is 12.8 Å². The van der Waals surface area contributed by atoms with Crippen molar-refractivity contribution in [3.8, 4) is 17.0 Å². The lowest BCUT2D eigenvalue weighted by atomic mass is 9.87. The minimum atomic E-state index is -0.530. The molecule has 1 aliphatic heterocycles. The molecule has 198 valence electrons. The Balaban J connectivity index is 1.38. The van der Waals surface area contributed by atoms with Crippen LogP contribution in [0.3, 0.4) is 0 Å². The number of hydrogen-bond donors (Lipinski definition) is 1. The quantitative estimate of drug-likeness (QED) is 0.494. The lowest BCUT2D eigenvalue weighted by molar-refractivity contribution is 0.0275. The average Bonchev–Trinajstić information content (AvgIpc) is 3.45. The number of carbonyl (C=O) groups excluding carboxylic acids is 1. The Morgan fingerprint density at radius 2 is 1.92 bits per heavy atom. The number of rotatable bonds is 5. The van der Waals surface area contributed by atoms with Crippen LogP contribution in [0.15, 0.2) is 30.6 Å². The molecule has 2 aromatic heterocycles. The molecule has 1 aromatic carbocycles. The van der Waals surface area contributed by atoms with Gasteiger partial charge in [0.05, 0.1) is 17.6 Å². The van der Waals surface area contributed by atoms with E-state index in [0.717, 1.165) is 40.8 Å². The van der Waals surface area contributed by atoms with Crippen LogP contribution in [-0.4, -0.2) is 61.6 Å². The summed E-state index contributed by atoms with van der Waals surface area (Å²) < 4.78 is 13.8. The van der Waals surface area contributed by atoms with Crippen molar-refractivity contribution in [2.75, 3.05) is 18.4 Å². The summed E-state index contributed by atoms with van der Waals surface area (Å²) in [4.78, 5) is 23.8. The summed E-state index contributed by atoms with van der Waals surface area (Å²) in [5, 5.41) is 9.16. The molecule has 0 radical (unpaired) electrons. The number of aromatic nitrogens is 4. The summed E-state index contributed by atoms with van der Waals surface area (Å²) in [5.74, 6) is 1.88. The predicted octanol–water partition coefficient (Wildman–Crippen LogP) is 5.41. The standard InChI is InChI=1S/C28H38N6O3/c1-18-6-10-21(11-7-18)30-26-29-15-23(19-8-9-20-16-33(5)32-24(20)14-19)25(31-26)36-22-12-13-34(17-22)27(35)37-28(2,3)4/h8-9,14-16,18,21-22H,6-7,10-13,17H2,1-5H3,(H,29,30,31)/t18-,21+,22?. The number of aryl methyl sites for hydroxylation is 1. The van der Waals surface area contributed by atoms with Gasteiger partial charge in [0.15, 0.2) is 0 Å². The van der Waals surface area contributed by atoms with Gasteiger partial charge >= 0.3 is 6.09 Å². The third-order valence-corrected chi connectivity index (χ3v) is 7.11. The van der Waals surface area contributed by atoms with E-state index in [2.05, 4.69) is 28.4 Å². The SMILES string of the molecule is Cn1cc2ccc(-c3cnc(N[C@H]4CC[C@@H](C)CC4)nc3OC3CCN(C(=O)OC(C)(C)C)C3)cc2n1. The Hall–Kier alpha value is -3.36. The van der Waals surface area contributed by atoms with Gasteiger partial charge in [-0.25, -0.2) is 9.78 Å². The Morgan fingerprint density at radius 1 is 1.14 bits per heavy atom. The number of amides is 1. The van der Waals surface area contributed by atoms with Crippen LogP contribution in [0.2, 0.25) is 0 Å². The van der Waals surface area contributed by atoms with Gasteiger partial charge in [0.1, 0.15) is 11.7 Å². The molecule has 1 saturated carbocycles. The van der Waals surface area contributed by atoms with E-state index in [1.54, 1.807) is 4.90 Å². The van der Waals surface area contributed by atoms with Crippen molar-refractivity contribution in [2.24, 2.45) is 13.0 Å². The molecule has 9 nitrogen and oxygen atoms in total. The molecule has 1 unspecified atom stereocenters. The summed E-state index contributed by atoms with van der Waals surface area (Å²) in [6.45, 7) is 8.99. The van der Waals surface area contributed by atoms with E-state index in [-0.39, 0.29) is 12.2 Å². The molecule has 37 heavy (non-hydrogen) atoms. The molecule has 1 saturated heterocycles. The van der Waals surface area contributed by atoms with E-state index in [9.17, 15) is 4.79 Å². The molecular weight excluding hydrogens is 468 g/mol. The second kappa shape index (κ2) is 10.2. The highest BCUT2D eigenvalue weighted by Crippen LogP contribution is 2.33. The topological polar surface area (TPSA) is 94.4 Å². The highest BCUT2D eigenvalue weighted by atomic mass is 16.6. The Bertz CT molecular complexity index is 1260. The number of anilines is 1. The number of carbonyl (C=O) groups is 1. The van der Waals surface area contributed by atoms with Gasteiger partial charge in [0, 0.05) is 43.8 Å². The van der Waals surface area contributed by atoms with Gasteiger partial charge in [-0.1, -0.05) is 19.1 Å². The second-order valence-corrected chi connectivity index (χ2v) is 11.5. The van der Waals surface area contributed by atoms with Gasteiger partial charge in [-0.15, -0.1) is 0 Å². The smallest absolute Gasteiger partial charge is 0.410 e. The molecular formula is C28H38N6O3. The minimum Gasteiger partial charge on any atom is -0.472 e. The first-order chi connectivity index (χ1) is 17.6. The van der Waals surface area contributed by atoms with Crippen molar-refractivity contribution in [1.29, 1.82) is 0 Å². The summed E-state index contributed by atoms with van der Waals surface area (Å²) in [6, 6.07) is 6.51. The lowest BCUT2D eigenvalue weighted by Gasteiger charge is -2.27. The molecule has 0 bridgehead atoms. The van der Waals surface area contributed by atoms with Gasteiger partial charge in [0.2, 0.25) is 11.8 Å².